The van der Waals surface area contributed by atoms with Crippen LogP contribution in [0.25, 0.3) is 0 Å². The molecule has 1 amide bonds. The molecular weight excluding hydrogens is 420 g/mol. The van der Waals surface area contributed by atoms with Gasteiger partial charge in [-0.2, -0.15) is 0 Å². The number of hydrogen-bond donors (Lipinski definition) is 4. The number of aryl methyl sites for hydroxylation is 1. The lowest BCUT2D eigenvalue weighted by Gasteiger charge is -2.13. The summed E-state index contributed by atoms with van der Waals surface area (Å²) in [6.45, 7) is 1.61. The zero-order chi connectivity index (χ0) is 21.2. The third kappa shape index (κ3) is 4.92. The zero-order valence-electron chi connectivity index (χ0n) is 14.9. The Hall–Kier alpha value is -3.37. The number of amides is 1. The van der Waals surface area contributed by atoms with Crippen LogP contribution in [0.3, 0.4) is 0 Å². The second-order valence-corrected chi connectivity index (χ2v) is 8.14. The van der Waals surface area contributed by atoms with Crippen molar-refractivity contribution in [1.82, 2.24) is 9.97 Å². The van der Waals surface area contributed by atoms with Crippen LogP contribution in [0, 0.1) is 6.92 Å². The molecule has 3 rings (SSSR count). The number of H-pyrrole nitrogens is 2. The Balaban J connectivity index is 1.89. The average Bonchev–Trinajstić information content (AvgIpc) is 2.64. The molecule has 0 saturated carbocycles. The van der Waals surface area contributed by atoms with Crippen LogP contribution in [0.4, 0.5) is 11.4 Å². The van der Waals surface area contributed by atoms with Crippen molar-refractivity contribution >= 4 is 38.9 Å². The third-order valence-electron chi connectivity index (χ3n) is 3.84. The quantitative estimate of drug-likeness (QED) is 0.486. The van der Waals surface area contributed by atoms with E-state index in [1.807, 2.05) is 4.98 Å². The fourth-order valence-electron chi connectivity index (χ4n) is 2.48. The Kier molecular flexibility index (Phi) is 5.57. The van der Waals surface area contributed by atoms with Gasteiger partial charge in [-0.3, -0.25) is 19.3 Å². The molecule has 0 radical (unpaired) electrons. The summed E-state index contributed by atoms with van der Waals surface area (Å²) in [5, 5.41) is 2.92. The van der Waals surface area contributed by atoms with Gasteiger partial charge in [0.25, 0.3) is 21.5 Å². The maximum absolute atomic E-state index is 12.8. The number of anilines is 2. The van der Waals surface area contributed by atoms with Crippen molar-refractivity contribution in [3.63, 3.8) is 0 Å². The third-order valence-corrected chi connectivity index (χ3v) is 5.61. The molecule has 0 atom stereocenters. The van der Waals surface area contributed by atoms with Gasteiger partial charge in [0.05, 0.1) is 4.90 Å². The minimum Gasteiger partial charge on any atom is -0.321 e. The number of carbonyl (C=O) groups is 1. The smallest absolute Gasteiger partial charge is 0.321 e. The molecule has 9 nitrogen and oxygen atoms in total. The van der Waals surface area contributed by atoms with E-state index < -0.39 is 27.2 Å². The van der Waals surface area contributed by atoms with Crippen LogP contribution in [0.2, 0.25) is 5.02 Å². The number of hydrogen-bond acceptors (Lipinski definition) is 5. The van der Waals surface area contributed by atoms with Crippen LogP contribution in [-0.2, 0) is 10.0 Å². The highest BCUT2D eigenvalue weighted by Crippen LogP contribution is 2.24. The fourth-order valence-corrected chi connectivity index (χ4v) is 3.94. The maximum atomic E-state index is 12.8. The van der Waals surface area contributed by atoms with Crippen molar-refractivity contribution in [1.29, 1.82) is 0 Å². The second-order valence-electron chi connectivity index (χ2n) is 6.05. The standard InChI is InChI=1S/C18H15ClN4O5S/c1-10-2-5-13(20-17(25)14-9-16(24)22-18(26)21-14)8-15(10)29(27,28)23-12-6-3-11(19)4-7-12/h2-9,23H,1H3,(H,20,25)(H2,21,22,24,26). The monoisotopic (exact) mass is 434 g/mol. The fraction of sp³-hybridized carbons (Fsp3) is 0.0556. The van der Waals surface area contributed by atoms with Gasteiger partial charge in [0, 0.05) is 22.5 Å². The van der Waals surface area contributed by atoms with Crippen molar-refractivity contribution in [3.8, 4) is 0 Å². The number of benzene rings is 2. The van der Waals surface area contributed by atoms with Gasteiger partial charge in [0.2, 0.25) is 0 Å². The molecule has 0 aliphatic rings. The zero-order valence-corrected chi connectivity index (χ0v) is 16.5. The summed E-state index contributed by atoms with van der Waals surface area (Å²) in [7, 11) is -3.95. The van der Waals surface area contributed by atoms with Crippen molar-refractivity contribution in [3.05, 3.63) is 85.6 Å². The van der Waals surface area contributed by atoms with Gasteiger partial charge in [-0.05, 0) is 48.9 Å². The van der Waals surface area contributed by atoms with E-state index in [0.717, 1.165) is 6.07 Å². The molecule has 0 unspecified atom stereocenters. The minimum atomic E-state index is -3.95. The molecule has 0 aliphatic heterocycles. The molecule has 0 aliphatic carbocycles. The maximum Gasteiger partial charge on any atom is 0.326 e. The van der Waals surface area contributed by atoms with E-state index in [2.05, 4.69) is 15.0 Å². The summed E-state index contributed by atoms with van der Waals surface area (Å²) in [4.78, 5) is 39.0. The van der Waals surface area contributed by atoms with Gasteiger partial charge in [0.1, 0.15) is 5.69 Å². The van der Waals surface area contributed by atoms with Gasteiger partial charge in [-0.1, -0.05) is 17.7 Å². The molecule has 0 saturated heterocycles. The van der Waals surface area contributed by atoms with Gasteiger partial charge in [0.15, 0.2) is 0 Å². The molecule has 0 fully saturated rings. The van der Waals surface area contributed by atoms with E-state index >= 15 is 0 Å². The van der Waals surface area contributed by atoms with E-state index in [9.17, 15) is 22.8 Å². The Bertz CT molecular complexity index is 1270. The van der Waals surface area contributed by atoms with E-state index in [0.29, 0.717) is 16.3 Å². The first-order valence-corrected chi connectivity index (χ1v) is 10.0. The molecular formula is C18H15ClN4O5S. The lowest BCUT2D eigenvalue weighted by molar-refractivity contribution is 0.102. The largest absolute Gasteiger partial charge is 0.326 e. The first kappa shape index (κ1) is 20.4. The highest BCUT2D eigenvalue weighted by molar-refractivity contribution is 7.92. The summed E-state index contributed by atoms with van der Waals surface area (Å²) in [6, 6.07) is 11.3. The second kappa shape index (κ2) is 7.94. The number of aromatic nitrogens is 2. The van der Waals surface area contributed by atoms with Crippen LogP contribution >= 0.6 is 11.6 Å². The first-order chi connectivity index (χ1) is 13.6. The summed E-state index contributed by atoms with van der Waals surface area (Å²) in [5.74, 6) is -0.772. The molecule has 0 spiro atoms. The van der Waals surface area contributed by atoms with Crippen LogP contribution in [-0.4, -0.2) is 24.3 Å². The first-order valence-electron chi connectivity index (χ1n) is 8.18. The molecule has 2 aromatic carbocycles. The molecule has 1 aromatic heterocycles. The topological polar surface area (TPSA) is 141 Å². The molecule has 11 heteroatoms. The Labute approximate surface area is 169 Å². The van der Waals surface area contributed by atoms with Gasteiger partial charge in [-0.25, -0.2) is 13.2 Å². The van der Waals surface area contributed by atoms with Crippen LogP contribution in [0.1, 0.15) is 16.1 Å². The average molecular weight is 435 g/mol. The highest BCUT2D eigenvalue weighted by atomic mass is 35.5. The Morgan fingerprint density at radius 2 is 1.62 bits per heavy atom. The minimum absolute atomic E-state index is 0.0512. The normalized spacial score (nSPS) is 11.1. The van der Waals surface area contributed by atoms with Gasteiger partial charge < -0.3 is 10.3 Å². The number of carbonyl (C=O) groups excluding carboxylic acids is 1. The highest BCUT2D eigenvalue weighted by Gasteiger charge is 2.19. The SMILES string of the molecule is Cc1ccc(NC(=O)c2cc(=O)[nH]c(=O)[nH]2)cc1S(=O)(=O)Nc1ccc(Cl)cc1. The van der Waals surface area contributed by atoms with Crippen molar-refractivity contribution in [2.24, 2.45) is 0 Å². The van der Waals surface area contributed by atoms with Crippen LogP contribution in [0.15, 0.2) is 63.0 Å². The van der Waals surface area contributed by atoms with E-state index in [4.69, 9.17) is 11.6 Å². The summed E-state index contributed by atoms with van der Waals surface area (Å²) in [6.07, 6.45) is 0. The lowest BCUT2D eigenvalue weighted by Crippen LogP contribution is -2.27. The van der Waals surface area contributed by atoms with E-state index in [-0.39, 0.29) is 16.3 Å². The number of rotatable bonds is 5. The molecule has 0 bridgehead atoms. The predicted molar refractivity (Wildman–Crippen MR) is 109 cm³/mol. The van der Waals surface area contributed by atoms with Crippen molar-refractivity contribution in [2.75, 3.05) is 10.0 Å². The summed E-state index contributed by atoms with van der Waals surface area (Å²) < 4.78 is 27.9. The molecule has 3 aromatic rings. The molecule has 1 heterocycles. The van der Waals surface area contributed by atoms with Crippen LogP contribution < -0.4 is 21.3 Å². The number of nitrogens with one attached hydrogen (secondary N) is 4. The molecule has 150 valence electrons. The Morgan fingerprint density at radius 3 is 2.28 bits per heavy atom. The lowest BCUT2D eigenvalue weighted by atomic mass is 10.2. The number of aromatic amines is 2. The Morgan fingerprint density at radius 1 is 0.966 bits per heavy atom. The van der Waals surface area contributed by atoms with Gasteiger partial charge in [-0.15, -0.1) is 0 Å². The van der Waals surface area contributed by atoms with Crippen LogP contribution in [0.5, 0.6) is 0 Å². The number of halogens is 1. The van der Waals surface area contributed by atoms with E-state index in [1.54, 1.807) is 19.1 Å². The number of sulfonamides is 1. The summed E-state index contributed by atoms with van der Waals surface area (Å²) >= 11 is 5.80. The predicted octanol–water partition coefficient (Wildman–Crippen LogP) is 2.08. The van der Waals surface area contributed by atoms with Crippen molar-refractivity contribution < 1.29 is 13.2 Å². The molecule has 29 heavy (non-hydrogen) atoms. The van der Waals surface area contributed by atoms with Gasteiger partial charge >= 0.3 is 5.69 Å². The van der Waals surface area contributed by atoms with E-state index in [1.165, 1.54) is 30.3 Å². The molecule has 4 N–H and O–H groups in total. The van der Waals surface area contributed by atoms with Crippen molar-refractivity contribution in [2.45, 2.75) is 11.8 Å². The summed E-state index contributed by atoms with van der Waals surface area (Å²) in [5.41, 5.74) is -0.889.